The second-order valence-corrected chi connectivity index (χ2v) is 4.82. The van der Waals surface area contributed by atoms with Crippen LogP contribution in [0.25, 0.3) is 0 Å². The number of nitrogens with zero attached hydrogens (tertiary/aromatic N) is 3. The second kappa shape index (κ2) is 6.11. The summed E-state index contributed by atoms with van der Waals surface area (Å²) in [6, 6.07) is 5.04. The van der Waals surface area contributed by atoms with E-state index >= 15 is 0 Å². The van der Waals surface area contributed by atoms with Crippen LogP contribution in [0.15, 0.2) is 24.4 Å². The van der Waals surface area contributed by atoms with Gasteiger partial charge < -0.3 is 15.7 Å². The topological polar surface area (TPSA) is 92.1 Å². The fourth-order valence-corrected chi connectivity index (χ4v) is 1.92. The maximum atomic E-state index is 12.1. The van der Waals surface area contributed by atoms with Crippen LogP contribution in [0, 0.1) is 6.92 Å². The van der Waals surface area contributed by atoms with Gasteiger partial charge in [-0.3, -0.25) is 4.79 Å². The van der Waals surface area contributed by atoms with Crippen LogP contribution in [0.1, 0.15) is 22.1 Å². The van der Waals surface area contributed by atoms with Gasteiger partial charge in [0.25, 0.3) is 5.91 Å². The van der Waals surface area contributed by atoms with Crippen molar-refractivity contribution in [1.82, 2.24) is 20.3 Å². The highest BCUT2D eigenvalue weighted by atomic mass is 35.5. The van der Waals surface area contributed by atoms with Gasteiger partial charge in [-0.25, -0.2) is 0 Å². The summed E-state index contributed by atoms with van der Waals surface area (Å²) in [4.78, 5) is 13.7. The molecule has 2 aromatic rings. The summed E-state index contributed by atoms with van der Waals surface area (Å²) in [5.74, 6) is -0.229. The summed E-state index contributed by atoms with van der Waals surface area (Å²) in [5, 5.41) is 23.6. The van der Waals surface area contributed by atoms with E-state index in [-0.39, 0.29) is 35.8 Å². The Morgan fingerprint density at radius 2 is 2.24 bits per heavy atom. The molecule has 1 aromatic heterocycles. The van der Waals surface area contributed by atoms with Gasteiger partial charge in [0, 0.05) is 24.8 Å². The molecule has 8 heteroatoms. The van der Waals surface area contributed by atoms with Crippen molar-refractivity contribution in [3.05, 3.63) is 35.7 Å². The first-order chi connectivity index (χ1) is 9.63. The number of hydrogen-bond donors (Lipinski definition) is 3. The number of phenols is 1. The highest BCUT2D eigenvalue weighted by Crippen LogP contribution is 2.21. The highest BCUT2D eigenvalue weighted by Gasteiger charge is 2.22. The number of aromatic nitrogens is 3. The molecule has 0 spiro atoms. The molecule has 21 heavy (non-hydrogen) atoms. The molecule has 2 heterocycles. The summed E-state index contributed by atoms with van der Waals surface area (Å²) in [5.41, 5.74) is 1.70. The van der Waals surface area contributed by atoms with Crippen molar-refractivity contribution < 1.29 is 9.90 Å². The maximum absolute atomic E-state index is 12.1. The molecule has 1 fully saturated rings. The summed E-state index contributed by atoms with van der Waals surface area (Å²) in [6.45, 7) is 3.49. The first-order valence-corrected chi connectivity index (χ1v) is 6.37. The van der Waals surface area contributed by atoms with Crippen LogP contribution < -0.4 is 10.6 Å². The predicted molar refractivity (Wildman–Crippen MR) is 80.0 cm³/mol. The number of rotatable bonds is 3. The Balaban J connectivity index is 0.00000161. The van der Waals surface area contributed by atoms with Crippen molar-refractivity contribution in [1.29, 1.82) is 0 Å². The number of carbonyl (C=O) groups excluding carboxylic acids is 1. The lowest BCUT2D eigenvalue weighted by atomic mass is 10.2. The molecule has 0 saturated carbocycles. The zero-order valence-electron chi connectivity index (χ0n) is 11.4. The minimum atomic E-state index is -0.336. The Bertz CT molecular complexity index is 654. The van der Waals surface area contributed by atoms with Crippen molar-refractivity contribution in [3.8, 4) is 5.75 Å². The zero-order chi connectivity index (χ0) is 14.1. The van der Waals surface area contributed by atoms with Crippen molar-refractivity contribution in [2.45, 2.75) is 13.0 Å². The zero-order valence-corrected chi connectivity index (χ0v) is 12.2. The Kier molecular flexibility index (Phi) is 4.44. The number of phenolic OH excluding ortho intramolecular Hbond substituents is 1. The van der Waals surface area contributed by atoms with E-state index in [9.17, 15) is 9.90 Å². The average Bonchev–Trinajstić information content (AvgIpc) is 2.81. The lowest BCUT2D eigenvalue weighted by molar-refractivity contribution is 0.102. The predicted octanol–water partition coefficient (Wildman–Crippen LogP) is 1.11. The fraction of sp³-hybridized carbons (Fsp3) is 0.308. The Morgan fingerprint density at radius 1 is 1.48 bits per heavy atom. The normalized spacial score (nSPS) is 14.1. The number of aryl methyl sites for hydroxylation is 1. The summed E-state index contributed by atoms with van der Waals surface area (Å²) in [6.07, 6.45) is 1.45. The van der Waals surface area contributed by atoms with E-state index in [4.69, 9.17) is 0 Å². The molecule has 1 aliphatic heterocycles. The van der Waals surface area contributed by atoms with Crippen LogP contribution >= 0.6 is 12.4 Å². The minimum absolute atomic E-state index is 0. The minimum Gasteiger partial charge on any atom is -0.508 e. The summed E-state index contributed by atoms with van der Waals surface area (Å²) in [7, 11) is 0. The number of nitrogens with one attached hydrogen (secondary N) is 2. The number of benzene rings is 1. The third-order valence-corrected chi connectivity index (χ3v) is 3.30. The molecule has 3 N–H and O–H groups in total. The van der Waals surface area contributed by atoms with E-state index < -0.39 is 0 Å². The number of amides is 1. The standard InChI is InChI=1S/C13H15N5O2.ClH/c1-8-2-3-10(19)4-11(8)16-13(20)12-7-15-18(17-12)9-5-14-6-9;/h2-4,7,9,14,19H,5-6H2,1H3,(H,16,20);1H. The van der Waals surface area contributed by atoms with Crippen LogP contribution in [-0.2, 0) is 0 Å². The molecule has 1 aliphatic rings. The number of halogens is 1. The fourth-order valence-electron chi connectivity index (χ4n) is 1.92. The molecule has 0 unspecified atom stereocenters. The molecule has 3 rings (SSSR count). The van der Waals surface area contributed by atoms with Gasteiger partial charge in [0.15, 0.2) is 5.69 Å². The van der Waals surface area contributed by atoms with E-state index in [0.717, 1.165) is 18.7 Å². The monoisotopic (exact) mass is 309 g/mol. The molecular formula is C13H16ClN5O2. The number of anilines is 1. The van der Waals surface area contributed by atoms with E-state index in [1.54, 1.807) is 16.9 Å². The molecule has 112 valence electrons. The summed E-state index contributed by atoms with van der Waals surface area (Å²) < 4.78 is 0. The molecule has 1 aromatic carbocycles. The second-order valence-electron chi connectivity index (χ2n) is 4.82. The van der Waals surface area contributed by atoms with E-state index in [1.807, 2.05) is 6.92 Å². The lowest BCUT2D eigenvalue weighted by Crippen LogP contribution is -2.44. The molecule has 0 atom stereocenters. The van der Waals surface area contributed by atoms with Crippen LogP contribution in [0.5, 0.6) is 5.75 Å². The Labute approximate surface area is 127 Å². The molecule has 0 radical (unpaired) electrons. The SMILES string of the molecule is Cc1ccc(O)cc1NC(=O)c1cnn(C2CNC2)n1.Cl. The van der Waals surface area contributed by atoms with Crippen molar-refractivity contribution in [2.75, 3.05) is 18.4 Å². The first kappa shape index (κ1) is 15.3. The third-order valence-electron chi connectivity index (χ3n) is 3.30. The molecule has 1 saturated heterocycles. The molecular weight excluding hydrogens is 294 g/mol. The van der Waals surface area contributed by atoms with Gasteiger partial charge in [-0.05, 0) is 18.6 Å². The summed E-state index contributed by atoms with van der Waals surface area (Å²) >= 11 is 0. The van der Waals surface area contributed by atoms with Gasteiger partial charge in [0.1, 0.15) is 5.75 Å². The van der Waals surface area contributed by atoms with Crippen LogP contribution in [0.2, 0.25) is 0 Å². The van der Waals surface area contributed by atoms with Gasteiger partial charge in [0.2, 0.25) is 0 Å². The smallest absolute Gasteiger partial charge is 0.277 e. The van der Waals surface area contributed by atoms with Gasteiger partial charge in [-0.2, -0.15) is 9.90 Å². The highest BCUT2D eigenvalue weighted by molar-refractivity contribution is 6.03. The van der Waals surface area contributed by atoms with E-state index in [1.165, 1.54) is 12.3 Å². The van der Waals surface area contributed by atoms with Crippen molar-refractivity contribution in [3.63, 3.8) is 0 Å². The maximum Gasteiger partial charge on any atom is 0.277 e. The number of carbonyl (C=O) groups is 1. The molecule has 0 aliphatic carbocycles. The van der Waals surface area contributed by atoms with Gasteiger partial charge in [-0.15, -0.1) is 17.5 Å². The van der Waals surface area contributed by atoms with Crippen molar-refractivity contribution in [2.24, 2.45) is 0 Å². The Hall–Kier alpha value is -2.12. The molecule has 0 bridgehead atoms. The average molecular weight is 310 g/mol. The number of aromatic hydroxyl groups is 1. The van der Waals surface area contributed by atoms with Crippen LogP contribution in [-0.4, -0.2) is 39.1 Å². The van der Waals surface area contributed by atoms with E-state index in [0.29, 0.717) is 5.69 Å². The molecule has 1 amide bonds. The Morgan fingerprint density at radius 3 is 2.90 bits per heavy atom. The largest absolute Gasteiger partial charge is 0.508 e. The first-order valence-electron chi connectivity index (χ1n) is 6.37. The van der Waals surface area contributed by atoms with Gasteiger partial charge >= 0.3 is 0 Å². The molecule has 7 nitrogen and oxygen atoms in total. The number of hydrogen-bond acceptors (Lipinski definition) is 5. The van der Waals surface area contributed by atoms with Gasteiger partial charge in [0.05, 0.1) is 12.2 Å². The van der Waals surface area contributed by atoms with Crippen molar-refractivity contribution >= 4 is 24.0 Å². The lowest BCUT2D eigenvalue weighted by Gasteiger charge is -2.25. The van der Waals surface area contributed by atoms with Crippen LogP contribution in [0.3, 0.4) is 0 Å². The van der Waals surface area contributed by atoms with Crippen LogP contribution in [0.4, 0.5) is 5.69 Å². The van der Waals surface area contributed by atoms with Gasteiger partial charge in [-0.1, -0.05) is 6.07 Å². The third kappa shape index (κ3) is 3.14. The van der Waals surface area contributed by atoms with E-state index in [2.05, 4.69) is 20.8 Å². The quantitative estimate of drug-likeness (QED) is 0.790.